The van der Waals surface area contributed by atoms with Gasteiger partial charge in [-0.3, -0.25) is 0 Å². The lowest BCUT2D eigenvalue weighted by Crippen LogP contribution is -2.35. The molecule has 1 N–H and O–H groups in total. The summed E-state index contributed by atoms with van der Waals surface area (Å²) < 4.78 is 15.9. The molecule has 0 unspecified atom stereocenters. The summed E-state index contributed by atoms with van der Waals surface area (Å²) in [6.07, 6.45) is 4.11. The third kappa shape index (κ3) is 4.78. The first-order valence-corrected chi connectivity index (χ1v) is 6.63. The largest absolute Gasteiger partial charge is 0.493 e. The van der Waals surface area contributed by atoms with E-state index in [1.165, 1.54) is 0 Å². The van der Waals surface area contributed by atoms with Gasteiger partial charge >= 0.3 is 0 Å². The minimum atomic E-state index is 0.111. The highest BCUT2D eigenvalue weighted by atomic mass is 16.5. The first-order chi connectivity index (χ1) is 9.41. The smallest absolute Gasteiger partial charge is 0.203 e. The fraction of sp³-hybridized carbons (Fsp3) is 0.500. The van der Waals surface area contributed by atoms with Crippen molar-refractivity contribution in [1.82, 2.24) is 5.32 Å². The summed E-state index contributed by atoms with van der Waals surface area (Å²) in [4.78, 5) is 0. The predicted octanol–water partition coefficient (Wildman–Crippen LogP) is 3.11. The molecule has 1 rings (SSSR count). The van der Waals surface area contributed by atoms with Crippen LogP contribution in [0.3, 0.4) is 0 Å². The summed E-state index contributed by atoms with van der Waals surface area (Å²) in [5.41, 5.74) is 1.12. The molecule has 20 heavy (non-hydrogen) atoms. The van der Waals surface area contributed by atoms with Crippen molar-refractivity contribution >= 4 is 6.08 Å². The van der Waals surface area contributed by atoms with Gasteiger partial charge in [-0.1, -0.05) is 12.2 Å². The molecule has 0 amide bonds. The second-order valence-electron chi connectivity index (χ2n) is 5.49. The molecule has 0 aliphatic carbocycles. The second kappa shape index (κ2) is 7.20. The molecule has 1 aromatic carbocycles. The van der Waals surface area contributed by atoms with E-state index in [0.29, 0.717) is 17.2 Å². The van der Waals surface area contributed by atoms with E-state index in [-0.39, 0.29) is 5.54 Å². The first-order valence-electron chi connectivity index (χ1n) is 6.63. The van der Waals surface area contributed by atoms with Crippen molar-refractivity contribution in [2.24, 2.45) is 0 Å². The highest BCUT2D eigenvalue weighted by Gasteiger charge is 2.12. The second-order valence-corrected chi connectivity index (χ2v) is 5.49. The Morgan fingerprint density at radius 2 is 1.55 bits per heavy atom. The lowest BCUT2D eigenvalue weighted by atomic mass is 10.1. The molecule has 1 aromatic rings. The molecule has 0 aromatic heterocycles. The van der Waals surface area contributed by atoms with Crippen LogP contribution < -0.4 is 19.5 Å². The Bertz CT molecular complexity index is 436. The van der Waals surface area contributed by atoms with Crippen LogP contribution in [0.25, 0.3) is 6.08 Å². The maximum absolute atomic E-state index is 5.33. The third-order valence-electron chi connectivity index (χ3n) is 2.75. The molecule has 4 nitrogen and oxygen atoms in total. The monoisotopic (exact) mass is 279 g/mol. The van der Waals surface area contributed by atoms with E-state index in [4.69, 9.17) is 14.2 Å². The molecule has 0 aliphatic heterocycles. The topological polar surface area (TPSA) is 39.7 Å². The fourth-order valence-corrected chi connectivity index (χ4v) is 1.76. The van der Waals surface area contributed by atoms with Crippen LogP contribution in [0.1, 0.15) is 26.3 Å². The van der Waals surface area contributed by atoms with Gasteiger partial charge in [-0.25, -0.2) is 0 Å². The Morgan fingerprint density at radius 3 is 1.95 bits per heavy atom. The molecule has 0 saturated heterocycles. The minimum absolute atomic E-state index is 0.111. The van der Waals surface area contributed by atoms with E-state index >= 15 is 0 Å². The van der Waals surface area contributed by atoms with Gasteiger partial charge in [0.25, 0.3) is 0 Å². The maximum Gasteiger partial charge on any atom is 0.203 e. The average Bonchev–Trinajstić information content (AvgIpc) is 2.41. The van der Waals surface area contributed by atoms with Crippen LogP contribution in [0.4, 0.5) is 0 Å². The molecule has 0 aliphatic rings. The van der Waals surface area contributed by atoms with E-state index in [9.17, 15) is 0 Å². The van der Waals surface area contributed by atoms with Gasteiger partial charge in [0.05, 0.1) is 21.3 Å². The van der Waals surface area contributed by atoms with Crippen LogP contribution in [-0.4, -0.2) is 33.4 Å². The standard InChI is InChI=1S/C16H25NO3/c1-16(2,3)17-9-7-8-12-10-13(18-4)15(20-6)14(11-12)19-5/h7-8,10-11,17H,9H2,1-6H3. The summed E-state index contributed by atoms with van der Waals surface area (Å²) in [6, 6.07) is 3.85. The van der Waals surface area contributed by atoms with E-state index in [1.807, 2.05) is 18.2 Å². The Balaban J connectivity index is 2.88. The van der Waals surface area contributed by atoms with Crippen molar-refractivity contribution in [2.75, 3.05) is 27.9 Å². The van der Waals surface area contributed by atoms with Gasteiger partial charge in [0.2, 0.25) is 5.75 Å². The van der Waals surface area contributed by atoms with Gasteiger partial charge in [-0.15, -0.1) is 0 Å². The number of methoxy groups -OCH3 is 3. The first kappa shape index (κ1) is 16.4. The Hall–Kier alpha value is -1.68. The highest BCUT2D eigenvalue weighted by molar-refractivity contribution is 5.62. The van der Waals surface area contributed by atoms with Gasteiger partial charge in [-0.05, 0) is 38.5 Å². The minimum Gasteiger partial charge on any atom is -0.493 e. The molecule has 4 heteroatoms. The molecular weight excluding hydrogens is 254 g/mol. The molecule has 0 heterocycles. The molecule has 0 fully saturated rings. The van der Waals surface area contributed by atoms with Crippen molar-refractivity contribution < 1.29 is 14.2 Å². The van der Waals surface area contributed by atoms with Gasteiger partial charge in [-0.2, -0.15) is 0 Å². The molecule has 0 spiro atoms. The molecule has 0 radical (unpaired) electrons. The van der Waals surface area contributed by atoms with Crippen LogP contribution in [0, 0.1) is 0 Å². The molecule has 112 valence electrons. The number of nitrogens with one attached hydrogen (secondary N) is 1. The lowest BCUT2D eigenvalue weighted by molar-refractivity contribution is 0.324. The van der Waals surface area contributed by atoms with Crippen molar-refractivity contribution in [3.05, 3.63) is 23.8 Å². The molecular formula is C16H25NO3. The normalized spacial score (nSPS) is 11.7. The quantitative estimate of drug-likeness (QED) is 0.868. The number of benzene rings is 1. The zero-order valence-electron chi connectivity index (χ0n) is 13.2. The number of hydrogen-bond acceptors (Lipinski definition) is 4. The van der Waals surface area contributed by atoms with Crippen LogP contribution in [0.15, 0.2) is 18.2 Å². The van der Waals surface area contributed by atoms with E-state index in [2.05, 4.69) is 32.2 Å². The summed E-state index contributed by atoms with van der Waals surface area (Å²) in [5.74, 6) is 1.94. The molecule has 0 saturated carbocycles. The number of rotatable bonds is 6. The summed E-state index contributed by atoms with van der Waals surface area (Å²) in [5, 5.41) is 3.40. The maximum atomic E-state index is 5.33. The zero-order valence-corrected chi connectivity index (χ0v) is 13.2. The van der Waals surface area contributed by atoms with Crippen LogP contribution >= 0.6 is 0 Å². The van der Waals surface area contributed by atoms with Gasteiger partial charge in [0.15, 0.2) is 11.5 Å². The molecule has 0 atom stereocenters. The van der Waals surface area contributed by atoms with Gasteiger partial charge < -0.3 is 19.5 Å². The van der Waals surface area contributed by atoms with Gasteiger partial charge in [0.1, 0.15) is 0 Å². The van der Waals surface area contributed by atoms with Gasteiger partial charge in [0, 0.05) is 12.1 Å². The van der Waals surface area contributed by atoms with Crippen LogP contribution in [0.5, 0.6) is 17.2 Å². The Kier molecular flexibility index (Phi) is 5.89. The number of ether oxygens (including phenoxy) is 3. The summed E-state index contributed by atoms with van der Waals surface area (Å²) in [6.45, 7) is 7.22. The third-order valence-corrected chi connectivity index (χ3v) is 2.75. The van der Waals surface area contributed by atoms with Crippen molar-refractivity contribution in [3.63, 3.8) is 0 Å². The SMILES string of the molecule is COc1cc(C=CCNC(C)(C)C)cc(OC)c1OC. The van der Waals surface area contributed by atoms with Crippen molar-refractivity contribution in [2.45, 2.75) is 26.3 Å². The predicted molar refractivity (Wildman–Crippen MR) is 82.9 cm³/mol. The zero-order chi connectivity index (χ0) is 15.2. The Labute approximate surface area is 121 Å². The summed E-state index contributed by atoms with van der Waals surface area (Å²) in [7, 11) is 4.83. The van der Waals surface area contributed by atoms with E-state index in [0.717, 1.165) is 12.1 Å². The highest BCUT2D eigenvalue weighted by Crippen LogP contribution is 2.38. The number of hydrogen-bond donors (Lipinski definition) is 1. The fourth-order valence-electron chi connectivity index (χ4n) is 1.76. The van der Waals surface area contributed by atoms with Crippen LogP contribution in [-0.2, 0) is 0 Å². The van der Waals surface area contributed by atoms with Crippen LogP contribution in [0.2, 0.25) is 0 Å². The average molecular weight is 279 g/mol. The Morgan fingerprint density at radius 1 is 1.00 bits per heavy atom. The van der Waals surface area contributed by atoms with Crippen molar-refractivity contribution in [1.29, 1.82) is 0 Å². The summed E-state index contributed by atoms with van der Waals surface area (Å²) >= 11 is 0. The van der Waals surface area contributed by atoms with Crippen molar-refractivity contribution in [3.8, 4) is 17.2 Å². The lowest BCUT2D eigenvalue weighted by Gasteiger charge is -2.19. The van der Waals surface area contributed by atoms with E-state index in [1.54, 1.807) is 21.3 Å². The molecule has 0 bridgehead atoms. The van der Waals surface area contributed by atoms with E-state index < -0.39 is 0 Å².